The van der Waals surface area contributed by atoms with Crippen molar-refractivity contribution in [3.63, 3.8) is 0 Å². The van der Waals surface area contributed by atoms with E-state index in [1.54, 1.807) is 0 Å². The summed E-state index contributed by atoms with van der Waals surface area (Å²) in [5.74, 6) is 0.816. The highest BCUT2D eigenvalue weighted by molar-refractivity contribution is 5.09. The van der Waals surface area contributed by atoms with Gasteiger partial charge in [-0.15, -0.1) is 0 Å². The minimum atomic E-state index is 0.816. The van der Waals surface area contributed by atoms with Crippen molar-refractivity contribution in [1.29, 1.82) is 0 Å². The van der Waals surface area contributed by atoms with Crippen LogP contribution in [0.3, 0.4) is 0 Å². The molecule has 0 aliphatic carbocycles. The summed E-state index contributed by atoms with van der Waals surface area (Å²) in [5, 5.41) is 3.54. The highest BCUT2D eigenvalue weighted by Crippen LogP contribution is 2.03. The van der Waals surface area contributed by atoms with Crippen LogP contribution in [0.2, 0.25) is 0 Å². The number of hydrogen-bond donors (Lipinski definition) is 1. The van der Waals surface area contributed by atoms with Gasteiger partial charge in [-0.2, -0.15) is 0 Å². The van der Waals surface area contributed by atoms with E-state index >= 15 is 0 Å². The van der Waals surface area contributed by atoms with Gasteiger partial charge in [0, 0.05) is 25.3 Å². The second-order valence-corrected chi connectivity index (χ2v) is 5.93. The van der Waals surface area contributed by atoms with E-state index in [0.717, 1.165) is 44.3 Å². The van der Waals surface area contributed by atoms with E-state index in [2.05, 4.69) is 61.1 Å². The third-order valence-corrected chi connectivity index (χ3v) is 3.52. The molecule has 0 bridgehead atoms. The summed E-state index contributed by atoms with van der Waals surface area (Å²) < 4.78 is 0. The van der Waals surface area contributed by atoms with E-state index in [4.69, 9.17) is 0 Å². The molecule has 1 rings (SSSR count). The normalized spacial score (nSPS) is 11.5. The van der Waals surface area contributed by atoms with Gasteiger partial charge in [0.15, 0.2) is 0 Å². The number of aromatic nitrogens is 1. The van der Waals surface area contributed by atoms with E-state index in [-0.39, 0.29) is 0 Å². The first kappa shape index (κ1) is 17.1. The molecule has 0 unspecified atom stereocenters. The zero-order valence-electron chi connectivity index (χ0n) is 13.7. The van der Waals surface area contributed by atoms with Crippen LogP contribution in [0.4, 0.5) is 0 Å². The van der Waals surface area contributed by atoms with Crippen molar-refractivity contribution in [3.05, 3.63) is 29.6 Å². The maximum absolute atomic E-state index is 4.58. The second kappa shape index (κ2) is 9.89. The predicted octanol–water partition coefficient (Wildman–Crippen LogP) is 3.24. The Labute approximate surface area is 124 Å². The lowest BCUT2D eigenvalue weighted by Crippen LogP contribution is -2.32. The van der Waals surface area contributed by atoms with Crippen molar-refractivity contribution in [3.8, 4) is 0 Å². The summed E-state index contributed by atoms with van der Waals surface area (Å²) in [5.41, 5.74) is 2.28. The van der Waals surface area contributed by atoms with Gasteiger partial charge in [-0.05, 0) is 50.9 Å². The minimum Gasteiger partial charge on any atom is -0.315 e. The Morgan fingerprint density at radius 2 is 2.05 bits per heavy atom. The molecule has 0 aromatic carbocycles. The van der Waals surface area contributed by atoms with Gasteiger partial charge < -0.3 is 5.32 Å². The Morgan fingerprint density at radius 1 is 1.25 bits per heavy atom. The standard InChI is InChI=1S/C17H31N3/c1-5-20(13-12-18-11-7-8-15(2)3)14-17-10-6-9-16(4)19-17/h6,9-10,15,18H,5,7-8,11-14H2,1-4H3. The fraction of sp³-hybridized carbons (Fsp3) is 0.706. The van der Waals surface area contributed by atoms with Gasteiger partial charge in [-0.1, -0.05) is 26.8 Å². The van der Waals surface area contributed by atoms with Crippen LogP contribution in [0.5, 0.6) is 0 Å². The molecule has 3 heteroatoms. The summed E-state index contributed by atoms with van der Waals surface area (Å²) in [6.45, 7) is 14.2. The molecule has 20 heavy (non-hydrogen) atoms. The largest absolute Gasteiger partial charge is 0.315 e. The van der Waals surface area contributed by atoms with Crippen molar-refractivity contribution < 1.29 is 0 Å². The molecule has 0 amide bonds. The number of pyridine rings is 1. The topological polar surface area (TPSA) is 28.2 Å². The second-order valence-electron chi connectivity index (χ2n) is 5.93. The van der Waals surface area contributed by atoms with Crippen molar-refractivity contribution in [2.24, 2.45) is 5.92 Å². The smallest absolute Gasteiger partial charge is 0.0547 e. The molecule has 0 aliphatic heterocycles. The van der Waals surface area contributed by atoms with E-state index in [1.165, 1.54) is 18.5 Å². The first-order chi connectivity index (χ1) is 9.61. The monoisotopic (exact) mass is 277 g/mol. The number of likely N-dealkylation sites (N-methyl/N-ethyl adjacent to an activating group) is 1. The van der Waals surface area contributed by atoms with Gasteiger partial charge in [0.1, 0.15) is 0 Å². The molecule has 1 heterocycles. The molecule has 0 saturated heterocycles. The van der Waals surface area contributed by atoms with Gasteiger partial charge in [-0.3, -0.25) is 9.88 Å². The Kier molecular flexibility index (Phi) is 8.47. The summed E-state index contributed by atoms with van der Waals surface area (Å²) in [4.78, 5) is 7.02. The zero-order chi connectivity index (χ0) is 14.8. The third kappa shape index (κ3) is 7.61. The van der Waals surface area contributed by atoms with Crippen LogP contribution < -0.4 is 5.32 Å². The highest BCUT2D eigenvalue weighted by Gasteiger charge is 2.04. The van der Waals surface area contributed by atoms with Crippen LogP contribution in [0.15, 0.2) is 18.2 Å². The number of hydrogen-bond acceptors (Lipinski definition) is 3. The summed E-state index contributed by atoms with van der Waals surface area (Å²) in [7, 11) is 0. The lowest BCUT2D eigenvalue weighted by molar-refractivity contribution is 0.275. The molecule has 0 spiro atoms. The van der Waals surface area contributed by atoms with Crippen LogP contribution in [0.1, 0.15) is 45.0 Å². The minimum absolute atomic E-state index is 0.816. The maximum Gasteiger partial charge on any atom is 0.0547 e. The molecule has 0 radical (unpaired) electrons. The van der Waals surface area contributed by atoms with Crippen LogP contribution in [-0.4, -0.2) is 36.1 Å². The molecule has 0 fully saturated rings. The third-order valence-electron chi connectivity index (χ3n) is 3.52. The van der Waals surface area contributed by atoms with E-state index in [0.29, 0.717) is 0 Å². The van der Waals surface area contributed by atoms with Gasteiger partial charge in [0.25, 0.3) is 0 Å². The number of rotatable bonds is 10. The summed E-state index contributed by atoms with van der Waals surface area (Å²) in [6, 6.07) is 6.26. The lowest BCUT2D eigenvalue weighted by atomic mass is 10.1. The van der Waals surface area contributed by atoms with Crippen LogP contribution >= 0.6 is 0 Å². The number of aryl methyl sites for hydroxylation is 1. The van der Waals surface area contributed by atoms with Gasteiger partial charge in [-0.25, -0.2) is 0 Å². The maximum atomic E-state index is 4.58. The van der Waals surface area contributed by atoms with Crippen molar-refractivity contribution >= 4 is 0 Å². The molecule has 0 saturated carbocycles. The molecule has 1 N–H and O–H groups in total. The van der Waals surface area contributed by atoms with Crippen LogP contribution in [0, 0.1) is 12.8 Å². The molecule has 1 aromatic heterocycles. The predicted molar refractivity (Wildman–Crippen MR) is 86.9 cm³/mol. The number of nitrogens with one attached hydrogen (secondary N) is 1. The molecular weight excluding hydrogens is 246 g/mol. The molecular formula is C17H31N3. The fourth-order valence-corrected chi connectivity index (χ4v) is 2.26. The van der Waals surface area contributed by atoms with Gasteiger partial charge >= 0.3 is 0 Å². The average Bonchev–Trinajstić information content (AvgIpc) is 2.41. The zero-order valence-corrected chi connectivity index (χ0v) is 13.7. The Morgan fingerprint density at radius 3 is 2.70 bits per heavy atom. The first-order valence-corrected chi connectivity index (χ1v) is 7.97. The molecule has 0 aliphatic rings. The summed E-state index contributed by atoms with van der Waals surface area (Å²) >= 11 is 0. The van der Waals surface area contributed by atoms with E-state index in [9.17, 15) is 0 Å². The number of nitrogens with zero attached hydrogens (tertiary/aromatic N) is 2. The molecule has 1 aromatic rings. The van der Waals surface area contributed by atoms with E-state index < -0.39 is 0 Å². The Bertz CT molecular complexity index is 363. The molecule has 0 atom stereocenters. The highest BCUT2D eigenvalue weighted by atomic mass is 15.1. The van der Waals surface area contributed by atoms with E-state index in [1.807, 2.05) is 0 Å². The summed E-state index contributed by atoms with van der Waals surface area (Å²) in [6.07, 6.45) is 2.60. The van der Waals surface area contributed by atoms with Gasteiger partial charge in [0.2, 0.25) is 0 Å². The van der Waals surface area contributed by atoms with Crippen molar-refractivity contribution in [2.75, 3.05) is 26.2 Å². The van der Waals surface area contributed by atoms with Crippen LogP contribution in [0.25, 0.3) is 0 Å². The van der Waals surface area contributed by atoms with Crippen molar-refractivity contribution in [2.45, 2.75) is 47.1 Å². The first-order valence-electron chi connectivity index (χ1n) is 7.97. The van der Waals surface area contributed by atoms with Crippen molar-refractivity contribution in [1.82, 2.24) is 15.2 Å². The fourth-order valence-electron chi connectivity index (χ4n) is 2.26. The Balaban J connectivity index is 2.19. The van der Waals surface area contributed by atoms with Crippen LogP contribution in [-0.2, 0) is 6.54 Å². The lowest BCUT2D eigenvalue weighted by Gasteiger charge is -2.20. The quantitative estimate of drug-likeness (QED) is 0.666. The SMILES string of the molecule is CCN(CCNCCCC(C)C)Cc1cccc(C)n1. The average molecular weight is 277 g/mol. The molecule has 3 nitrogen and oxygen atoms in total. The van der Waals surface area contributed by atoms with Gasteiger partial charge in [0.05, 0.1) is 5.69 Å². The Hall–Kier alpha value is -0.930. The molecule has 114 valence electrons.